The van der Waals surface area contributed by atoms with Crippen molar-refractivity contribution in [1.29, 1.82) is 0 Å². The van der Waals surface area contributed by atoms with Crippen molar-refractivity contribution in [3.8, 4) is 0 Å². The Kier molecular flexibility index (Phi) is 8.64. The van der Waals surface area contributed by atoms with Gasteiger partial charge in [0.2, 0.25) is 11.8 Å². The summed E-state index contributed by atoms with van der Waals surface area (Å²) in [4.78, 5) is 46.0. The molecule has 2 aromatic carbocycles. The van der Waals surface area contributed by atoms with Gasteiger partial charge in [-0.05, 0) is 36.4 Å². The lowest BCUT2D eigenvalue weighted by molar-refractivity contribution is -0.114. The summed E-state index contributed by atoms with van der Waals surface area (Å²) in [6, 6.07) is 8.11. The van der Waals surface area contributed by atoms with Crippen molar-refractivity contribution in [3.63, 3.8) is 0 Å². The van der Waals surface area contributed by atoms with Gasteiger partial charge in [-0.2, -0.15) is 0 Å². The lowest BCUT2D eigenvalue weighted by Crippen LogP contribution is -2.12. The van der Waals surface area contributed by atoms with Crippen molar-refractivity contribution < 1.29 is 29.4 Å². The average Bonchev–Trinajstić information content (AvgIpc) is 2.72. The zero-order valence-electron chi connectivity index (χ0n) is 15.1. The van der Waals surface area contributed by atoms with Gasteiger partial charge in [-0.25, -0.2) is 9.59 Å². The van der Waals surface area contributed by atoms with Crippen LogP contribution in [0, 0.1) is 0 Å². The summed E-state index contributed by atoms with van der Waals surface area (Å²) in [7, 11) is 0. The van der Waals surface area contributed by atoms with E-state index in [1.165, 1.54) is 36.4 Å². The summed E-state index contributed by atoms with van der Waals surface area (Å²) in [5.41, 5.74) is 0.104. The zero-order valence-corrected chi connectivity index (χ0v) is 19.4. The molecule has 2 rings (SSSR count). The van der Waals surface area contributed by atoms with Gasteiger partial charge >= 0.3 is 11.9 Å². The number of hydrogen-bond acceptors (Lipinski definition) is 6. The van der Waals surface area contributed by atoms with Gasteiger partial charge in [0.1, 0.15) is 11.4 Å². The van der Waals surface area contributed by atoms with Gasteiger partial charge < -0.3 is 20.8 Å². The molecule has 0 saturated heterocycles. The largest absolute Gasteiger partial charge is 0.478 e. The van der Waals surface area contributed by atoms with Crippen LogP contribution in [0.15, 0.2) is 46.6 Å². The third kappa shape index (κ3) is 6.45. The Balaban J connectivity index is 2.38. The minimum absolute atomic E-state index is 0.0198. The molecule has 4 N–H and O–H groups in total. The molecule has 12 heteroatoms. The van der Waals surface area contributed by atoms with Crippen LogP contribution < -0.4 is 10.6 Å². The first-order chi connectivity index (χ1) is 14.2. The fraction of sp³-hybridized carbons (Fsp3) is 0.111. The lowest BCUT2D eigenvalue weighted by atomic mass is 10.1. The number of nitrogens with one attached hydrogen (secondary N) is 2. The molecule has 0 atom stereocenters. The van der Waals surface area contributed by atoms with Crippen LogP contribution in [-0.4, -0.2) is 42.8 Å². The van der Waals surface area contributed by atoms with E-state index in [0.717, 1.165) is 0 Å². The Morgan fingerprint density at radius 2 is 1.10 bits per heavy atom. The van der Waals surface area contributed by atoms with Crippen LogP contribution in [0.5, 0.6) is 0 Å². The number of halogens is 2. The van der Waals surface area contributed by atoms with Gasteiger partial charge in [-0.1, -0.05) is 45.2 Å². The fourth-order valence-electron chi connectivity index (χ4n) is 2.24. The second-order valence-electron chi connectivity index (χ2n) is 5.64. The highest BCUT2D eigenvalue weighted by Gasteiger charge is 2.15. The third-order valence-corrected chi connectivity index (χ3v) is 4.92. The number of amides is 2. The van der Waals surface area contributed by atoms with Crippen LogP contribution >= 0.6 is 45.2 Å². The first-order valence-electron chi connectivity index (χ1n) is 8.13. The quantitative estimate of drug-likeness (QED) is 0.193. The van der Waals surface area contributed by atoms with Crippen LogP contribution in [0.2, 0.25) is 0 Å². The number of azo groups is 1. The van der Waals surface area contributed by atoms with Crippen molar-refractivity contribution in [2.24, 2.45) is 10.2 Å². The second kappa shape index (κ2) is 11.0. The first kappa shape index (κ1) is 23.7. The van der Waals surface area contributed by atoms with Gasteiger partial charge in [0.15, 0.2) is 0 Å². The van der Waals surface area contributed by atoms with E-state index in [9.17, 15) is 29.4 Å². The molecule has 0 radical (unpaired) electrons. The first-order valence-corrected chi connectivity index (χ1v) is 11.2. The molecule has 0 bridgehead atoms. The summed E-state index contributed by atoms with van der Waals surface area (Å²) < 4.78 is 0.405. The lowest BCUT2D eigenvalue weighted by Gasteiger charge is -2.07. The van der Waals surface area contributed by atoms with E-state index in [2.05, 4.69) is 20.9 Å². The van der Waals surface area contributed by atoms with Crippen LogP contribution in [0.25, 0.3) is 0 Å². The number of anilines is 2. The summed E-state index contributed by atoms with van der Waals surface area (Å²) in [5, 5.41) is 31.6. The van der Waals surface area contributed by atoms with Crippen molar-refractivity contribution in [2.75, 3.05) is 19.5 Å². The molecule has 0 fully saturated rings. The molecule has 0 aromatic heterocycles. The minimum atomic E-state index is -1.29. The third-order valence-electron chi connectivity index (χ3n) is 3.53. The molecule has 10 nitrogen and oxygen atoms in total. The summed E-state index contributed by atoms with van der Waals surface area (Å²) in [6.07, 6.45) is 0. The minimum Gasteiger partial charge on any atom is -0.478 e. The van der Waals surface area contributed by atoms with Crippen molar-refractivity contribution in [1.82, 2.24) is 0 Å². The highest BCUT2D eigenvalue weighted by molar-refractivity contribution is 14.1. The molecule has 0 aliphatic heterocycles. The Morgan fingerprint density at radius 1 is 0.733 bits per heavy atom. The predicted molar refractivity (Wildman–Crippen MR) is 126 cm³/mol. The monoisotopic (exact) mass is 636 g/mol. The van der Waals surface area contributed by atoms with Crippen molar-refractivity contribution >= 4 is 91.7 Å². The number of hydrogen-bond donors (Lipinski definition) is 4. The van der Waals surface area contributed by atoms with Gasteiger partial charge in [0, 0.05) is 11.4 Å². The number of aromatic carboxylic acids is 2. The Morgan fingerprint density at radius 3 is 1.40 bits per heavy atom. The van der Waals surface area contributed by atoms with Crippen LogP contribution in [0.4, 0.5) is 22.7 Å². The van der Waals surface area contributed by atoms with E-state index in [1.54, 1.807) is 0 Å². The van der Waals surface area contributed by atoms with Crippen LogP contribution in [0.3, 0.4) is 0 Å². The van der Waals surface area contributed by atoms with Gasteiger partial charge in [0.05, 0.1) is 20.0 Å². The Labute approximate surface area is 197 Å². The van der Waals surface area contributed by atoms with Crippen LogP contribution in [-0.2, 0) is 9.59 Å². The Hall–Kier alpha value is -2.62. The zero-order chi connectivity index (χ0) is 22.3. The van der Waals surface area contributed by atoms with Crippen LogP contribution in [0.1, 0.15) is 20.7 Å². The van der Waals surface area contributed by atoms with E-state index in [4.69, 9.17) is 0 Å². The predicted octanol–water partition coefficient (Wildman–Crippen LogP) is 4.25. The maximum Gasteiger partial charge on any atom is 0.338 e. The van der Waals surface area contributed by atoms with Gasteiger partial charge in [0.25, 0.3) is 0 Å². The number of carbonyl (C=O) groups excluding carboxylic acids is 2. The van der Waals surface area contributed by atoms with E-state index in [-0.39, 0.29) is 54.5 Å². The molecule has 30 heavy (non-hydrogen) atoms. The van der Waals surface area contributed by atoms with E-state index < -0.39 is 11.9 Å². The average molecular weight is 636 g/mol. The molecule has 0 heterocycles. The van der Waals surface area contributed by atoms with Gasteiger partial charge in [-0.3, -0.25) is 9.59 Å². The summed E-state index contributed by atoms with van der Waals surface area (Å²) in [6.45, 7) is 0. The molecule has 0 spiro atoms. The number of alkyl halides is 2. The highest BCUT2D eigenvalue weighted by atomic mass is 127. The number of nitrogens with zero attached hydrogens (tertiary/aromatic N) is 2. The second-order valence-corrected chi connectivity index (χ2v) is 7.16. The smallest absolute Gasteiger partial charge is 0.338 e. The molecule has 0 saturated carbocycles. The van der Waals surface area contributed by atoms with Crippen molar-refractivity contribution in [2.45, 2.75) is 0 Å². The number of rotatable bonds is 8. The molecule has 156 valence electrons. The highest BCUT2D eigenvalue weighted by Crippen LogP contribution is 2.29. The molecular weight excluding hydrogens is 622 g/mol. The Bertz CT molecular complexity index is 960. The molecule has 0 aliphatic rings. The maximum atomic E-state index is 11.5. The summed E-state index contributed by atoms with van der Waals surface area (Å²) >= 11 is 3.75. The van der Waals surface area contributed by atoms with Crippen molar-refractivity contribution in [3.05, 3.63) is 47.5 Å². The number of carboxylic acid groups (broad SMARTS) is 2. The number of benzene rings is 2. The molecular formula is C18H14I2N4O6. The van der Waals surface area contributed by atoms with E-state index in [0.29, 0.717) is 0 Å². The molecule has 2 aromatic rings. The molecule has 0 unspecified atom stereocenters. The fourth-order valence-corrected chi connectivity index (χ4v) is 2.62. The van der Waals surface area contributed by atoms with E-state index >= 15 is 0 Å². The number of carbonyl (C=O) groups is 4. The standard InChI is InChI=1S/C18H14I2N4O6/c19-7-15(25)21-9-1-3-13(11(5-9)17(27)28)23-24-14-4-2-10(22-16(26)8-20)6-12(14)18(29)30/h1-6H,7-8H2,(H,21,25)(H,22,26)(H,27,28)(H,29,30)/b24-23+. The topological polar surface area (TPSA) is 158 Å². The molecule has 2 amide bonds. The maximum absolute atomic E-state index is 11.5. The molecule has 0 aliphatic carbocycles. The normalized spacial score (nSPS) is 10.6. The van der Waals surface area contributed by atoms with Gasteiger partial charge in [-0.15, -0.1) is 10.2 Å². The SMILES string of the molecule is O=C(CI)Nc1ccc(/N=N/c2ccc(NC(=O)CI)cc2C(=O)O)c(C(=O)O)c1. The summed E-state index contributed by atoms with van der Waals surface area (Å²) in [5.74, 6) is -3.15. The van der Waals surface area contributed by atoms with E-state index in [1.807, 2.05) is 45.2 Å². The number of carboxylic acids is 2.